The summed E-state index contributed by atoms with van der Waals surface area (Å²) < 4.78 is 0. The standard InChI is InChI=1S/C10H13NS/c1-7-4-5-12-10(7)8(2)6-9(3)11/h4-6H,3,11H2,1-2H3/b8-6-. The van der Waals surface area contributed by atoms with Crippen LogP contribution in [-0.4, -0.2) is 0 Å². The van der Waals surface area contributed by atoms with Crippen molar-refractivity contribution in [2.75, 3.05) is 0 Å². The SMILES string of the molecule is C=C(N)/C=C(/C)c1sccc1C. The van der Waals surface area contributed by atoms with Crippen LogP contribution >= 0.6 is 11.3 Å². The summed E-state index contributed by atoms with van der Waals surface area (Å²) in [6, 6.07) is 2.11. The first-order valence-corrected chi connectivity index (χ1v) is 4.66. The molecular weight excluding hydrogens is 166 g/mol. The van der Waals surface area contributed by atoms with Gasteiger partial charge in [-0.05, 0) is 42.5 Å². The molecule has 0 spiro atoms. The zero-order valence-corrected chi connectivity index (χ0v) is 8.24. The number of hydrogen-bond donors (Lipinski definition) is 1. The number of allylic oxidation sites excluding steroid dienone is 2. The van der Waals surface area contributed by atoms with Gasteiger partial charge in [-0.1, -0.05) is 6.58 Å². The molecule has 0 aliphatic heterocycles. The van der Waals surface area contributed by atoms with Gasteiger partial charge < -0.3 is 5.73 Å². The predicted octanol–water partition coefficient (Wildman–Crippen LogP) is 2.93. The van der Waals surface area contributed by atoms with E-state index in [1.165, 1.54) is 16.0 Å². The molecule has 0 radical (unpaired) electrons. The van der Waals surface area contributed by atoms with Gasteiger partial charge in [-0.15, -0.1) is 11.3 Å². The van der Waals surface area contributed by atoms with Crippen molar-refractivity contribution in [3.05, 3.63) is 40.2 Å². The van der Waals surface area contributed by atoms with Crippen LogP contribution in [-0.2, 0) is 0 Å². The molecule has 0 aromatic carbocycles. The first-order valence-electron chi connectivity index (χ1n) is 3.78. The van der Waals surface area contributed by atoms with Crippen LogP contribution in [0.15, 0.2) is 29.8 Å². The summed E-state index contributed by atoms with van der Waals surface area (Å²) in [4.78, 5) is 1.29. The Hall–Kier alpha value is -1.02. The molecule has 1 nitrogen and oxygen atoms in total. The highest BCUT2D eigenvalue weighted by atomic mass is 32.1. The van der Waals surface area contributed by atoms with Gasteiger partial charge in [0.25, 0.3) is 0 Å². The third-order valence-electron chi connectivity index (χ3n) is 1.62. The van der Waals surface area contributed by atoms with E-state index in [4.69, 9.17) is 5.73 Å². The number of rotatable bonds is 2. The van der Waals surface area contributed by atoms with Crippen molar-refractivity contribution in [3.63, 3.8) is 0 Å². The van der Waals surface area contributed by atoms with E-state index < -0.39 is 0 Å². The molecule has 64 valence electrons. The molecule has 0 unspecified atom stereocenters. The molecule has 2 N–H and O–H groups in total. The molecule has 0 saturated heterocycles. The zero-order chi connectivity index (χ0) is 9.14. The van der Waals surface area contributed by atoms with E-state index in [0.29, 0.717) is 5.70 Å². The van der Waals surface area contributed by atoms with Gasteiger partial charge in [0, 0.05) is 10.6 Å². The predicted molar refractivity (Wildman–Crippen MR) is 56.0 cm³/mol. The Kier molecular flexibility index (Phi) is 2.71. The quantitative estimate of drug-likeness (QED) is 0.694. The fourth-order valence-electron chi connectivity index (χ4n) is 1.12. The minimum atomic E-state index is 0.611. The van der Waals surface area contributed by atoms with Crippen molar-refractivity contribution in [1.29, 1.82) is 0 Å². The number of aryl methyl sites for hydroxylation is 1. The van der Waals surface area contributed by atoms with Gasteiger partial charge in [0.05, 0.1) is 0 Å². The van der Waals surface area contributed by atoms with Crippen molar-refractivity contribution in [2.24, 2.45) is 5.73 Å². The van der Waals surface area contributed by atoms with E-state index in [0.717, 1.165) is 0 Å². The lowest BCUT2D eigenvalue weighted by molar-refractivity contribution is 1.43. The molecule has 1 heterocycles. The summed E-state index contributed by atoms with van der Waals surface area (Å²) in [5.74, 6) is 0. The lowest BCUT2D eigenvalue weighted by Crippen LogP contribution is -1.90. The van der Waals surface area contributed by atoms with E-state index in [1.54, 1.807) is 11.3 Å². The largest absolute Gasteiger partial charge is 0.399 e. The van der Waals surface area contributed by atoms with Gasteiger partial charge in [0.15, 0.2) is 0 Å². The summed E-state index contributed by atoms with van der Waals surface area (Å²) >= 11 is 1.73. The minimum Gasteiger partial charge on any atom is -0.399 e. The Balaban J connectivity index is 2.99. The van der Waals surface area contributed by atoms with Crippen molar-refractivity contribution < 1.29 is 0 Å². The molecule has 0 atom stereocenters. The number of nitrogens with two attached hydrogens (primary N) is 1. The first-order chi connectivity index (χ1) is 5.61. The summed E-state index contributed by atoms with van der Waals surface area (Å²) in [5, 5.41) is 2.08. The Bertz CT molecular complexity index is 320. The van der Waals surface area contributed by atoms with Crippen LogP contribution in [0, 0.1) is 6.92 Å². The molecule has 2 heteroatoms. The van der Waals surface area contributed by atoms with Crippen LogP contribution in [0.4, 0.5) is 0 Å². The van der Waals surface area contributed by atoms with E-state index in [2.05, 4.69) is 31.9 Å². The molecule has 0 bridgehead atoms. The molecule has 1 aromatic rings. The van der Waals surface area contributed by atoms with Crippen LogP contribution in [0.25, 0.3) is 5.57 Å². The van der Waals surface area contributed by atoms with Crippen LogP contribution in [0.2, 0.25) is 0 Å². The van der Waals surface area contributed by atoms with Crippen molar-refractivity contribution in [2.45, 2.75) is 13.8 Å². The highest BCUT2D eigenvalue weighted by molar-refractivity contribution is 7.11. The number of hydrogen-bond acceptors (Lipinski definition) is 2. The van der Waals surface area contributed by atoms with E-state index in [9.17, 15) is 0 Å². The fraction of sp³-hybridized carbons (Fsp3) is 0.200. The molecule has 1 aromatic heterocycles. The van der Waals surface area contributed by atoms with Gasteiger partial charge >= 0.3 is 0 Å². The highest BCUT2D eigenvalue weighted by Gasteiger charge is 2.00. The average Bonchev–Trinajstić information content (AvgIpc) is 2.33. The monoisotopic (exact) mass is 179 g/mol. The van der Waals surface area contributed by atoms with Crippen LogP contribution in [0.3, 0.4) is 0 Å². The van der Waals surface area contributed by atoms with E-state index in [1.807, 2.05) is 6.08 Å². The minimum absolute atomic E-state index is 0.611. The van der Waals surface area contributed by atoms with Crippen LogP contribution < -0.4 is 5.73 Å². The van der Waals surface area contributed by atoms with Gasteiger partial charge in [0.2, 0.25) is 0 Å². The smallest absolute Gasteiger partial charge is 0.0329 e. The van der Waals surface area contributed by atoms with E-state index >= 15 is 0 Å². The Morgan fingerprint density at radius 2 is 2.33 bits per heavy atom. The molecule has 0 fully saturated rings. The van der Waals surface area contributed by atoms with Crippen LogP contribution in [0.5, 0.6) is 0 Å². The molecular formula is C10H13NS. The Morgan fingerprint density at radius 3 is 2.75 bits per heavy atom. The third kappa shape index (κ3) is 1.98. The maximum Gasteiger partial charge on any atom is 0.0329 e. The van der Waals surface area contributed by atoms with Gasteiger partial charge in [0.1, 0.15) is 0 Å². The van der Waals surface area contributed by atoms with Gasteiger partial charge in [-0.3, -0.25) is 0 Å². The van der Waals surface area contributed by atoms with Crippen molar-refractivity contribution in [1.82, 2.24) is 0 Å². The van der Waals surface area contributed by atoms with E-state index in [-0.39, 0.29) is 0 Å². The Morgan fingerprint density at radius 1 is 1.67 bits per heavy atom. The fourth-order valence-corrected chi connectivity index (χ4v) is 2.03. The summed E-state index contributed by atoms with van der Waals surface area (Å²) in [6.07, 6.45) is 1.90. The zero-order valence-electron chi connectivity index (χ0n) is 7.42. The maximum atomic E-state index is 5.48. The molecule has 0 aliphatic rings. The summed E-state index contributed by atoms with van der Waals surface area (Å²) in [6.45, 7) is 7.79. The molecule has 12 heavy (non-hydrogen) atoms. The second-order valence-corrected chi connectivity index (χ2v) is 3.75. The van der Waals surface area contributed by atoms with Gasteiger partial charge in [-0.2, -0.15) is 0 Å². The highest BCUT2D eigenvalue weighted by Crippen LogP contribution is 2.24. The molecule has 1 rings (SSSR count). The first kappa shape index (κ1) is 9.07. The maximum absolute atomic E-state index is 5.48. The average molecular weight is 179 g/mol. The second kappa shape index (κ2) is 3.59. The third-order valence-corrected chi connectivity index (χ3v) is 2.77. The Labute approximate surface area is 77.2 Å². The van der Waals surface area contributed by atoms with Crippen molar-refractivity contribution in [3.8, 4) is 0 Å². The number of thiophene rings is 1. The lowest BCUT2D eigenvalue weighted by Gasteiger charge is -1.98. The molecule has 0 amide bonds. The molecule has 0 saturated carbocycles. The van der Waals surface area contributed by atoms with Gasteiger partial charge in [-0.25, -0.2) is 0 Å². The van der Waals surface area contributed by atoms with Crippen molar-refractivity contribution >= 4 is 16.9 Å². The summed E-state index contributed by atoms with van der Waals surface area (Å²) in [5.41, 5.74) is 8.59. The topological polar surface area (TPSA) is 26.0 Å². The second-order valence-electron chi connectivity index (χ2n) is 2.84. The molecule has 0 aliphatic carbocycles. The lowest BCUT2D eigenvalue weighted by atomic mass is 10.1. The normalized spacial score (nSPS) is 11.7. The van der Waals surface area contributed by atoms with Crippen LogP contribution in [0.1, 0.15) is 17.4 Å². The summed E-state index contributed by atoms with van der Waals surface area (Å²) in [7, 11) is 0.